The molecule has 0 heterocycles. The Morgan fingerprint density at radius 1 is 0.915 bits per heavy atom. The Hall–Kier alpha value is -3.95. The van der Waals surface area contributed by atoms with Gasteiger partial charge < -0.3 is 10.6 Å². The van der Waals surface area contributed by atoms with Crippen LogP contribution >= 0.6 is 23.2 Å². The van der Waals surface area contributed by atoms with Crippen LogP contribution in [0, 0.1) is 12.3 Å². The predicted octanol–water partition coefficient (Wildman–Crippen LogP) is 8.61. The number of anilines is 1. The van der Waals surface area contributed by atoms with E-state index in [4.69, 9.17) is 27.8 Å². The van der Waals surface area contributed by atoms with Crippen molar-refractivity contribution in [1.82, 2.24) is 5.32 Å². The summed E-state index contributed by atoms with van der Waals surface area (Å²) in [6.07, 6.45) is 4.53. The lowest BCUT2D eigenvalue weighted by Crippen LogP contribution is -2.28. The first kappa shape index (κ1) is 35.9. The molecule has 246 valence electrons. The number of hydrogen-bond acceptors (Lipinski definition) is 4. The molecular weight excluding hydrogens is 655 g/mol. The molecule has 0 saturated carbocycles. The number of benzene rings is 4. The topological polar surface area (TPSA) is 113 Å². The summed E-state index contributed by atoms with van der Waals surface area (Å²) >= 11 is 12.8. The Morgan fingerprint density at radius 2 is 1.60 bits per heavy atom. The van der Waals surface area contributed by atoms with Crippen molar-refractivity contribution in [2.45, 2.75) is 40.0 Å². The third-order valence-corrected chi connectivity index (χ3v) is 8.73. The van der Waals surface area contributed by atoms with Crippen molar-refractivity contribution in [3.8, 4) is 11.1 Å². The van der Waals surface area contributed by atoms with Crippen molar-refractivity contribution in [3.63, 3.8) is 0 Å². The van der Waals surface area contributed by atoms with Crippen molar-refractivity contribution in [1.29, 1.82) is 0 Å². The number of rotatable bonds is 11. The van der Waals surface area contributed by atoms with Crippen LogP contribution in [-0.2, 0) is 21.3 Å². The van der Waals surface area contributed by atoms with Crippen molar-refractivity contribution in [2.75, 3.05) is 17.6 Å². The van der Waals surface area contributed by atoms with Crippen molar-refractivity contribution in [3.05, 3.63) is 129 Å². The maximum atomic E-state index is 13.9. The Morgan fingerprint density at radius 3 is 2.19 bits per heavy atom. The van der Waals surface area contributed by atoms with E-state index in [0.717, 1.165) is 33.4 Å². The smallest absolute Gasteiger partial charge is 0.266 e. The Bertz CT molecular complexity index is 1880. The standard InChI is InChI=1S/C37H38Cl2N2O5S/c1-24-21-30(38)14-15-31(24)29-13-16-34(33(39)23-29)41-36(43)32(27-9-5-25(6-10-27)17-18-37(2,3)4)22-26-7-11-28(12-8-26)35(42)40-19-20-47(44,45)46/h5-18,21,23,32H,19-20,22H2,1-4H3,(H,40,42)(H,41,43)(H,44,45,46). The van der Waals surface area contributed by atoms with Gasteiger partial charge >= 0.3 is 0 Å². The van der Waals surface area contributed by atoms with Gasteiger partial charge in [-0.1, -0.05) is 105 Å². The first-order valence-corrected chi connectivity index (χ1v) is 17.4. The summed E-state index contributed by atoms with van der Waals surface area (Å²) in [6, 6.07) is 25.7. The second kappa shape index (κ2) is 15.3. The molecule has 10 heteroatoms. The van der Waals surface area contributed by atoms with Crippen LogP contribution in [0.3, 0.4) is 0 Å². The predicted molar refractivity (Wildman–Crippen MR) is 192 cm³/mol. The molecule has 0 aliphatic heterocycles. The van der Waals surface area contributed by atoms with Gasteiger partial charge in [-0.15, -0.1) is 0 Å². The third-order valence-electron chi connectivity index (χ3n) is 7.46. The second-order valence-corrected chi connectivity index (χ2v) is 14.9. The zero-order chi connectivity index (χ0) is 34.4. The van der Waals surface area contributed by atoms with E-state index in [2.05, 4.69) is 43.6 Å². The van der Waals surface area contributed by atoms with Gasteiger partial charge in [0.25, 0.3) is 16.0 Å². The van der Waals surface area contributed by atoms with Gasteiger partial charge in [-0.25, -0.2) is 0 Å². The number of amides is 2. The van der Waals surface area contributed by atoms with Gasteiger partial charge in [-0.3, -0.25) is 14.1 Å². The molecule has 4 rings (SSSR count). The van der Waals surface area contributed by atoms with E-state index >= 15 is 0 Å². The second-order valence-electron chi connectivity index (χ2n) is 12.5. The molecule has 0 aliphatic rings. The van der Waals surface area contributed by atoms with E-state index in [1.54, 1.807) is 30.3 Å². The molecule has 2 amide bonds. The molecule has 0 aromatic heterocycles. The van der Waals surface area contributed by atoms with E-state index in [9.17, 15) is 18.0 Å². The highest BCUT2D eigenvalue weighted by Gasteiger charge is 2.23. The summed E-state index contributed by atoms with van der Waals surface area (Å²) in [5.41, 5.74) is 6.38. The summed E-state index contributed by atoms with van der Waals surface area (Å²) in [5, 5.41) is 6.54. The minimum Gasteiger partial charge on any atom is -0.351 e. The normalized spacial score (nSPS) is 12.6. The fourth-order valence-electron chi connectivity index (χ4n) is 4.93. The van der Waals surface area contributed by atoms with Crippen molar-refractivity contribution < 1.29 is 22.6 Å². The van der Waals surface area contributed by atoms with Gasteiger partial charge in [-0.2, -0.15) is 8.42 Å². The monoisotopic (exact) mass is 692 g/mol. The van der Waals surface area contributed by atoms with Gasteiger partial charge in [0, 0.05) is 17.1 Å². The zero-order valence-corrected chi connectivity index (χ0v) is 29.0. The highest BCUT2D eigenvalue weighted by Crippen LogP contribution is 2.33. The van der Waals surface area contributed by atoms with Gasteiger partial charge in [0.05, 0.1) is 22.4 Å². The fraction of sp³-hybridized carbons (Fsp3) is 0.243. The Kier molecular flexibility index (Phi) is 11.7. The molecule has 0 aliphatic carbocycles. The SMILES string of the molecule is Cc1cc(Cl)ccc1-c1ccc(NC(=O)C(Cc2ccc(C(=O)NCCS(=O)(=O)O)cc2)c2ccc(C=CC(C)(C)C)cc2)c(Cl)c1. The average molecular weight is 694 g/mol. The van der Waals surface area contributed by atoms with E-state index in [1.165, 1.54) is 0 Å². The molecule has 3 N–H and O–H groups in total. The molecule has 0 radical (unpaired) electrons. The molecular formula is C37H38Cl2N2O5S. The van der Waals surface area contributed by atoms with Crippen LogP contribution < -0.4 is 10.6 Å². The highest BCUT2D eigenvalue weighted by atomic mass is 35.5. The fourth-order valence-corrected chi connectivity index (χ4v) is 5.74. The number of allylic oxidation sites excluding steroid dienone is 1. The Labute approximate surface area is 286 Å². The Balaban J connectivity index is 1.57. The van der Waals surface area contributed by atoms with Crippen molar-refractivity contribution in [2.24, 2.45) is 5.41 Å². The van der Waals surface area contributed by atoms with Crippen LogP contribution in [0.25, 0.3) is 17.2 Å². The summed E-state index contributed by atoms with van der Waals surface area (Å²) in [5.74, 6) is -1.88. The van der Waals surface area contributed by atoms with Crippen LogP contribution in [-0.4, -0.2) is 37.1 Å². The maximum absolute atomic E-state index is 13.9. The van der Waals surface area contributed by atoms with Crippen LogP contribution in [0.1, 0.15) is 59.3 Å². The van der Waals surface area contributed by atoms with Gasteiger partial charge in [0.2, 0.25) is 5.91 Å². The summed E-state index contributed by atoms with van der Waals surface area (Å²) in [4.78, 5) is 26.3. The lowest BCUT2D eigenvalue weighted by molar-refractivity contribution is -0.117. The summed E-state index contributed by atoms with van der Waals surface area (Å²) < 4.78 is 30.8. The van der Waals surface area contributed by atoms with Gasteiger partial charge in [-0.05, 0) is 88.5 Å². The molecule has 1 unspecified atom stereocenters. The molecule has 4 aromatic rings. The lowest BCUT2D eigenvalue weighted by atomic mass is 9.89. The average Bonchev–Trinajstić information content (AvgIpc) is 2.99. The van der Waals surface area contributed by atoms with Gasteiger partial charge in [0.15, 0.2) is 0 Å². The summed E-state index contributed by atoms with van der Waals surface area (Å²) in [6.45, 7) is 8.14. The maximum Gasteiger partial charge on any atom is 0.266 e. The molecule has 0 saturated heterocycles. The first-order chi connectivity index (χ1) is 22.1. The molecule has 0 fully saturated rings. The molecule has 7 nitrogen and oxygen atoms in total. The van der Waals surface area contributed by atoms with Crippen LogP contribution in [0.5, 0.6) is 0 Å². The summed E-state index contributed by atoms with van der Waals surface area (Å²) in [7, 11) is -4.18. The number of aryl methyl sites for hydroxylation is 1. The lowest BCUT2D eigenvalue weighted by Gasteiger charge is -2.19. The molecule has 0 bridgehead atoms. The zero-order valence-electron chi connectivity index (χ0n) is 26.7. The van der Waals surface area contributed by atoms with Crippen LogP contribution in [0.15, 0.2) is 91.0 Å². The number of halogens is 2. The third kappa shape index (κ3) is 10.8. The molecule has 0 spiro atoms. The first-order valence-electron chi connectivity index (χ1n) is 15.1. The molecule has 47 heavy (non-hydrogen) atoms. The number of hydrogen-bond donors (Lipinski definition) is 3. The van der Waals surface area contributed by atoms with Gasteiger partial charge in [0.1, 0.15) is 0 Å². The minimum absolute atomic E-state index is 0.0295. The van der Waals surface area contributed by atoms with Crippen LogP contribution in [0.4, 0.5) is 5.69 Å². The number of carbonyl (C=O) groups excluding carboxylic acids is 2. The number of nitrogens with one attached hydrogen (secondary N) is 2. The van der Waals surface area contributed by atoms with E-state index in [0.29, 0.717) is 27.7 Å². The highest BCUT2D eigenvalue weighted by molar-refractivity contribution is 7.85. The molecule has 1 atom stereocenters. The minimum atomic E-state index is -4.18. The molecule has 4 aromatic carbocycles. The van der Waals surface area contributed by atoms with Crippen LogP contribution in [0.2, 0.25) is 10.0 Å². The van der Waals surface area contributed by atoms with E-state index in [-0.39, 0.29) is 17.9 Å². The van der Waals surface area contributed by atoms with E-state index in [1.807, 2.05) is 61.5 Å². The quantitative estimate of drug-likeness (QED) is 0.136. The number of carbonyl (C=O) groups is 2. The van der Waals surface area contributed by atoms with Crippen molar-refractivity contribution >= 4 is 56.9 Å². The van der Waals surface area contributed by atoms with E-state index < -0.39 is 27.7 Å². The largest absolute Gasteiger partial charge is 0.351 e.